The standard InChI is InChI=1S/C24H23N3O2/c1-16-7-9-18(10-8-16)15-26-23(28)21-14-20(11-12-25-21)24(29)27-17(2)13-19-5-3-4-6-22(19)27/h3-12,14,17H,13,15H2,1-2H3,(H,26,28). The molecule has 4 rings (SSSR count). The molecule has 1 aromatic heterocycles. The molecule has 2 aromatic carbocycles. The first kappa shape index (κ1) is 18.9. The summed E-state index contributed by atoms with van der Waals surface area (Å²) in [6.45, 7) is 4.47. The predicted octanol–water partition coefficient (Wildman–Crippen LogP) is 3.91. The Hall–Kier alpha value is -3.47. The summed E-state index contributed by atoms with van der Waals surface area (Å²) in [6, 6.07) is 19.2. The van der Waals surface area contributed by atoms with Gasteiger partial charge in [-0.1, -0.05) is 48.0 Å². The fraction of sp³-hybridized carbons (Fsp3) is 0.208. The topological polar surface area (TPSA) is 62.3 Å². The molecule has 2 amide bonds. The van der Waals surface area contributed by atoms with E-state index in [-0.39, 0.29) is 23.6 Å². The minimum atomic E-state index is -0.296. The number of amides is 2. The van der Waals surface area contributed by atoms with Crippen molar-refractivity contribution in [1.82, 2.24) is 10.3 Å². The van der Waals surface area contributed by atoms with Crippen molar-refractivity contribution in [3.05, 3.63) is 94.8 Å². The van der Waals surface area contributed by atoms with Crippen LogP contribution in [0.2, 0.25) is 0 Å². The zero-order valence-electron chi connectivity index (χ0n) is 16.6. The number of nitrogens with one attached hydrogen (secondary N) is 1. The van der Waals surface area contributed by atoms with Crippen LogP contribution in [0.4, 0.5) is 5.69 Å². The number of carbonyl (C=O) groups excluding carboxylic acids is 2. The van der Waals surface area contributed by atoms with Gasteiger partial charge in [0.1, 0.15) is 5.69 Å². The number of aryl methyl sites for hydroxylation is 1. The summed E-state index contributed by atoms with van der Waals surface area (Å²) in [4.78, 5) is 31.7. The molecule has 1 N–H and O–H groups in total. The zero-order chi connectivity index (χ0) is 20.4. The highest BCUT2D eigenvalue weighted by Gasteiger charge is 2.31. The second-order valence-corrected chi connectivity index (χ2v) is 7.46. The lowest BCUT2D eigenvalue weighted by atomic mass is 10.1. The SMILES string of the molecule is Cc1ccc(CNC(=O)c2cc(C(=O)N3c4ccccc4CC3C)ccn2)cc1. The van der Waals surface area contributed by atoms with Gasteiger partial charge in [-0.2, -0.15) is 0 Å². The fourth-order valence-electron chi connectivity index (χ4n) is 3.68. The number of para-hydroxylation sites is 1. The molecule has 29 heavy (non-hydrogen) atoms. The molecule has 3 aromatic rings. The molecule has 0 saturated carbocycles. The molecule has 1 unspecified atom stereocenters. The van der Waals surface area contributed by atoms with Crippen LogP contribution in [0, 0.1) is 6.92 Å². The number of rotatable bonds is 4. The van der Waals surface area contributed by atoms with Gasteiger partial charge >= 0.3 is 0 Å². The van der Waals surface area contributed by atoms with Crippen LogP contribution in [-0.2, 0) is 13.0 Å². The Morgan fingerprint density at radius 3 is 2.66 bits per heavy atom. The van der Waals surface area contributed by atoms with Gasteiger partial charge in [0.15, 0.2) is 0 Å². The first-order valence-electron chi connectivity index (χ1n) is 9.74. The van der Waals surface area contributed by atoms with E-state index < -0.39 is 0 Å². The molecule has 0 spiro atoms. The lowest BCUT2D eigenvalue weighted by Gasteiger charge is -2.23. The number of hydrogen-bond acceptors (Lipinski definition) is 3. The van der Waals surface area contributed by atoms with Crippen molar-refractivity contribution in [1.29, 1.82) is 0 Å². The first-order valence-corrected chi connectivity index (χ1v) is 9.74. The maximum atomic E-state index is 13.2. The van der Waals surface area contributed by atoms with Crippen molar-refractivity contribution in [3.8, 4) is 0 Å². The minimum Gasteiger partial charge on any atom is -0.347 e. The Morgan fingerprint density at radius 2 is 1.86 bits per heavy atom. The van der Waals surface area contributed by atoms with Crippen LogP contribution in [0.5, 0.6) is 0 Å². The van der Waals surface area contributed by atoms with E-state index in [4.69, 9.17) is 0 Å². The number of pyridine rings is 1. The maximum absolute atomic E-state index is 13.2. The van der Waals surface area contributed by atoms with Gasteiger partial charge < -0.3 is 10.2 Å². The summed E-state index contributed by atoms with van der Waals surface area (Å²) in [7, 11) is 0. The predicted molar refractivity (Wildman–Crippen MR) is 113 cm³/mol. The second kappa shape index (κ2) is 7.87. The third-order valence-electron chi connectivity index (χ3n) is 5.24. The molecule has 0 aliphatic carbocycles. The van der Waals surface area contributed by atoms with E-state index in [1.54, 1.807) is 17.0 Å². The van der Waals surface area contributed by atoms with Crippen LogP contribution in [-0.4, -0.2) is 22.8 Å². The van der Waals surface area contributed by atoms with Crippen molar-refractivity contribution in [2.45, 2.75) is 32.9 Å². The van der Waals surface area contributed by atoms with Gasteiger partial charge in [-0.05, 0) is 49.6 Å². The monoisotopic (exact) mass is 385 g/mol. The summed E-state index contributed by atoms with van der Waals surface area (Å²) < 4.78 is 0. The van der Waals surface area contributed by atoms with Crippen molar-refractivity contribution in [2.75, 3.05) is 4.90 Å². The third-order valence-corrected chi connectivity index (χ3v) is 5.24. The number of aromatic nitrogens is 1. The Balaban J connectivity index is 1.50. The summed E-state index contributed by atoms with van der Waals surface area (Å²) in [5.74, 6) is -0.410. The summed E-state index contributed by atoms with van der Waals surface area (Å²) >= 11 is 0. The highest BCUT2D eigenvalue weighted by atomic mass is 16.2. The fourth-order valence-corrected chi connectivity index (χ4v) is 3.68. The van der Waals surface area contributed by atoms with E-state index >= 15 is 0 Å². The van der Waals surface area contributed by atoms with E-state index in [0.29, 0.717) is 12.1 Å². The maximum Gasteiger partial charge on any atom is 0.270 e. The summed E-state index contributed by atoms with van der Waals surface area (Å²) in [6.07, 6.45) is 2.34. The molecule has 146 valence electrons. The van der Waals surface area contributed by atoms with Crippen LogP contribution in [0.15, 0.2) is 66.9 Å². The number of benzene rings is 2. The molecule has 1 atom stereocenters. The molecule has 1 aliphatic rings. The Morgan fingerprint density at radius 1 is 1.10 bits per heavy atom. The van der Waals surface area contributed by atoms with E-state index in [9.17, 15) is 9.59 Å². The molecule has 0 fully saturated rings. The quantitative estimate of drug-likeness (QED) is 0.741. The van der Waals surface area contributed by atoms with Crippen LogP contribution in [0.1, 0.15) is 44.5 Å². The van der Waals surface area contributed by atoms with Crippen LogP contribution in [0.25, 0.3) is 0 Å². The van der Waals surface area contributed by atoms with E-state index in [2.05, 4.69) is 16.4 Å². The van der Waals surface area contributed by atoms with Gasteiger partial charge in [0.2, 0.25) is 0 Å². The van der Waals surface area contributed by atoms with Crippen molar-refractivity contribution in [2.24, 2.45) is 0 Å². The average molecular weight is 385 g/mol. The summed E-state index contributed by atoms with van der Waals surface area (Å²) in [5.41, 5.74) is 4.99. The van der Waals surface area contributed by atoms with Gasteiger partial charge in [-0.3, -0.25) is 14.6 Å². The van der Waals surface area contributed by atoms with Gasteiger partial charge in [0.05, 0.1) is 0 Å². The Bertz CT molecular complexity index is 1060. The number of fused-ring (bicyclic) bond motifs is 1. The molecule has 0 bridgehead atoms. The van der Waals surface area contributed by atoms with E-state index in [1.807, 2.05) is 56.3 Å². The Kier molecular flexibility index (Phi) is 5.12. The summed E-state index contributed by atoms with van der Waals surface area (Å²) in [5, 5.41) is 2.87. The number of carbonyl (C=O) groups is 2. The average Bonchev–Trinajstić information content (AvgIpc) is 3.08. The minimum absolute atomic E-state index is 0.0758. The molecule has 2 heterocycles. The molecule has 5 heteroatoms. The zero-order valence-corrected chi connectivity index (χ0v) is 16.6. The highest BCUT2D eigenvalue weighted by molar-refractivity contribution is 6.08. The van der Waals surface area contributed by atoms with Crippen molar-refractivity contribution >= 4 is 17.5 Å². The molecule has 0 saturated heterocycles. The normalized spacial score (nSPS) is 15.1. The van der Waals surface area contributed by atoms with Gasteiger partial charge in [0, 0.05) is 30.0 Å². The highest BCUT2D eigenvalue weighted by Crippen LogP contribution is 2.33. The molecule has 0 radical (unpaired) electrons. The van der Waals surface area contributed by atoms with Crippen LogP contribution >= 0.6 is 0 Å². The second-order valence-electron chi connectivity index (χ2n) is 7.46. The number of nitrogens with zero attached hydrogens (tertiary/aromatic N) is 2. The Labute approximate surface area is 170 Å². The molecule has 1 aliphatic heterocycles. The van der Waals surface area contributed by atoms with Gasteiger partial charge in [0.25, 0.3) is 11.8 Å². The van der Waals surface area contributed by atoms with Crippen molar-refractivity contribution in [3.63, 3.8) is 0 Å². The van der Waals surface area contributed by atoms with Crippen molar-refractivity contribution < 1.29 is 9.59 Å². The van der Waals surface area contributed by atoms with Crippen LogP contribution in [0.3, 0.4) is 0 Å². The smallest absolute Gasteiger partial charge is 0.270 e. The molecular formula is C24H23N3O2. The molecular weight excluding hydrogens is 362 g/mol. The van der Waals surface area contributed by atoms with Gasteiger partial charge in [-0.15, -0.1) is 0 Å². The van der Waals surface area contributed by atoms with Gasteiger partial charge in [-0.25, -0.2) is 0 Å². The molecule has 5 nitrogen and oxygen atoms in total. The third kappa shape index (κ3) is 3.90. The largest absolute Gasteiger partial charge is 0.347 e. The lowest BCUT2D eigenvalue weighted by Crippen LogP contribution is -2.36. The van der Waals surface area contributed by atoms with Crippen LogP contribution < -0.4 is 10.2 Å². The van der Waals surface area contributed by atoms with E-state index in [0.717, 1.165) is 17.7 Å². The lowest BCUT2D eigenvalue weighted by molar-refractivity contribution is 0.0946. The van der Waals surface area contributed by atoms with E-state index in [1.165, 1.54) is 17.3 Å². The number of hydrogen-bond donors (Lipinski definition) is 1. The first-order chi connectivity index (χ1) is 14.0. The number of anilines is 1.